The van der Waals surface area contributed by atoms with Crippen LogP contribution in [0.5, 0.6) is 0 Å². The molecule has 4 heteroatoms. The number of hydrogen-bond donors (Lipinski definition) is 3. The van der Waals surface area contributed by atoms with Gasteiger partial charge in [0, 0.05) is 6.04 Å². The number of nitrogen functional groups attached to an aromatic ring is 1. The lowest BCUT2D eigenvalue weighted by atomic mass is 10.1. The molecule has 2 amide bonds. The van der Waals surface area contributed by atoms with E-state index < -0.39 is 0 Å². The number of carbonyl (C=O) groups is 1. The Balaban J connectivity index is 2.12. The first-order valence-corrected chi connectivity index (χ1v) is 5.51. The molecule has 4 N–H and O–H groups in total. The molecule has 0 heterocycles. The Morgan fingerprint density at radius 3 is 2.69 bits per heavy atom. The number of anilines is 2. The quantitative estimate of drug-likeness (QED) is 0.667. The number of amides is 2. The van der Waals surface area contributed by atoms with E-state index in [0.29, 0.717) is 11.7 Å². The number of aryl methyl sites for hydroxylation is 1. The monoisotopic (exact) mass is 219 g/mol. The Morgan fingerprint density at radius 2 is 2.06 bits per heavy atom. The zero-order chi connectivity index (χ0) is 11.7. The number of carbonyl (C=O) groups excluding carboxylic acids is 1. The van der Waals surface area contributed by atoms with Crippen LogP contribution in [-0.2, 0) is 0 Å². The number of nitrogens with one attached hydrogen (secondary N) is 2. The van der Waals surface area contributed by atoms with Crippen LogP contribution < -0.4 is 16.4 Å². The SMILES string of the molecule is Cc1ccc(N)c(NC(=O)NC2CC2)c1C. The molecule has 1 aromatic carbocycles. The maximum absolute atomic E-state index is 11.6. The molecule has 0 saturated heterocycles. The highest BCUT2D eigenvalue weighted by atomic mass is 16.2. The predicted molar refractivity (Wildman–Crippen MR) is 65.5 cm³/mol. The highest BCUT2D eigenvalue weighted by molar-refractivity contribution is 5.94. The van der Waals surface area contributed by atoms with Gasteiger partial charge >= 0.3 is 6.03 Å². The molecule has 2 rings (SSSR count). The number of nitrogens with two attached hydrogens (primary N) is 1. The van der Waals surface area contributed by atoms with E-state index in [1.54, 1.807) is 0 Å². The van der Waals surface area contributed by atoms with Crippen LogP contribution >= 0.6 is 0 Å². The summed E-state index contributed by atoms with van der Waals surface area (Å²) in [5.41, 5.74) is 9.31. The number of rotatable bonds is 2. The third-order valence-corrected chi connectivity index (χ3v) is 2.92. The van der Waals surface area contributed by atoms with Crippen molar-refractivity contribution in [3.63, 3.8) is 0 Å². The molecule has 0 bridgehead atoms. The second-order valence-electron chi connectivity index (χ2n) is 4.34. The van der Waals surface area contributed by atoms with Gasteiger partial charge in [0.05, 0.1) is 11.4 Å². The van der Waals surface area contributed by atoms with Crippen molar-refractivity contribution in [2.75, 3.05) is 11.1 Å². The topological polar surface area (TPSA) is 67.1 Å². The molecule has 1 saturated carbocycles. The molecule has 1 fully saturated rings. The lowest BCUT2D eigenvalue weighted by molar-refractivity contribution is 0.251. The summed E-state index contributed by atoms with van der Waals surface area (Å²) in [7, 11) is 0. The van der Waals surface area contributed by atoms with E-state index in [2.05, 4.69) is 10.6 Å². The van der Waals surface area contributed by atoms with E-state index in [-0.39, 0.29) is 6.03 Å². The summed E-state index contributed by atoms with van der Waals surface area (Å²) in [6.07, 6.45) is 2.16. The van der Waals surface area contributed by atoms with Gasteiger partial charge in [-0.15, -0.1) is 0 Å². The molecular weight excluding hydrogens is 202 g/mol. The Labute approximate surface area is 95.2 Å². The Hall–Kier alpha value is -1.71. The minimum Gasteiger partial charge on any atom is -0.397 e. The van der Waals surface area contributed by atoms with Gasteiger partial charge in [-0.2, -0.15) is 0 Å². The van der Waals surface area contributed by atoms with Crippen LogP contribution in [0.4, 0.5) is 16.2 Å². The molecule has 16 heavy (non-hydrogen) atoms. The molecule has 4 nitrogen and oxygen atoms in total. The van der Waals surface area contributed by atoms with Crippen LogP contribution in [0.2, 0.25) is 0 Å². The summed E-state index contributed by atoms with van der Waals surface area (Å²) in [6, 6.07) is 3.96. The molecule has 1 aromatic rings. The van der Waals surface area contributed by atoms with Gasteiger partial charge in [0.15, 0.2) is 0 Å². The minimum absolute atomic E-state index is 0.164. The van der Waals surface area contributed by atoms with Crippen LogP contribution in [0.1, 0.15) is 24.0 Å². The summed E-state index contributed by atoms with van der Waals surface area (Å²) in [6.45, 7) is 3.96. The minimum atomic E-state index is -0.164. The number of urea groups is 1. The maximum atomic E-state index is 11.6. The first-order chi connectivity index (χ1) is 7.58. The molecular formula is C12H17N3O. The molecule has 0 aromatic heterocycles. The van der Waals surface area contributed by atoms with Crippen molar-refractivity contribution in [3.05, 3.63) is 23.3 Å². The van der Waals surface area contributed by atoms with Crippen LogP contribution in [-0.4, -0.2) is 12.1 Å². The molecule has 0 unspecified atom stereocenters. The zero-order valence-corrected chi connectivity index (χ0v) is 9.63. The number of hydrogen-bond acceptors (Lipinski definition) is 2. The fourth-order valence-electron chi connectivity index (χ4n) is 1.57. The lowest BCUT2D eigenvalue weighted by Gasteiger charge is -2.13. The van der Waals surface area contributed by atoms with Crippen molar-refractivity contribution in [3.8, 4) is 0 Å². The van der Waals surface area contributed by atoms with Crippen molar-refractivity contribution in [1.29, 1.82) is 0 Å². The highest BCUT2D eigenvalue weighted by Crippen LogP contribution is 2.26. The van der Waals surface area contributed by atoms with Crippen molar-refractivity contribution in [2.45, 2.75) is 32.7 Å². The van der Waals surface area contributed by atoms with Gasteiger partial charge in [0.1, 0.15) is 0 Å². The van der Waals surface area contributed by atoms with Crippen LogP contribution in [0.15, 0.2) is 12.1 Å². The van der Waals surface area contributed by atoms with Gasteiger partial charge in [-0.3, -0.25) is 0 Å². The van der Waals surface area contributed by atoms with Crippen molar-refractivity contribution in [1.82, 2.24) is 5.32 Å². The molecule has 1 aliphatic carbocycles. The van der Waals surface area contributed by atoms with Crippen LogP contribution in [0, 0.1) is 13.8 Å². The molecule has 1 aliphatic rings. The smallest absolute Gasteiger partial charge is 0.319 e. The highest BCUT2D eigenvalue weighted by Gasteiger charge is 2.23. The number of benzene rings is 1. The van der Waals surface area contributed by atoms with Crippen molar-refractivity contribution in [2.24, 2.45) is 0 Å². The average molecular weight is 219 g/mol. The molecule has 0 spiro atoms. The van der Waals surface area contributed by atoms with Gasteiger partial charge in [0.2, 0.25) is 0 Å². The first kappa shape index (κ1) is 10.8. The van der Waals surface area contributed by atoms with Gasteiger partial charge in [0.25, 0.3) is 0 Å². The second-order valence-corrected chi connectivity index (χ2v) is 4.34. The molecule has 0 radical (unpaired) electrons. The third-order valence-electron chi connectivity index (χ3n) is 2.92. The van der Waals surface area contributed by atoms with Gasteiger partial charge < -0.3 is 16.4 Å². The Bertz CT molecular complexity index is 425. The van der Waals surface area contributed by atoms with Crippen molar-refractivity contribution >= 4 is 17.4 Å². The normalized spacial score (nSPS) is 14.6. The molecule has 0 aliphatic heterocycles. The lowest BCUT2D eigenvalue weighted by Crippen LogP contribution is -2.31. The van der Waals surface area contributed by atoms with Gasteiger partial charge in [-0.1, -0.05) is 6.07 Å². The Kier molecular flexibility index (Phi) is 2.73. The molecule has 0 atom stereocenters. The second kappa shape index (κ2) is 4.04. The average Bonchev–Trinajstić information content (AvgIpc) is 3.02. The third kappa shape index (κ3) is 2.27. The standard InChI is InChI=1S/C12H17N3O/c1-7-3-6-10(13)11(8(7)2)15-12(16)14-9-4-5-9/h3,6,9H,4-5,13H2,1-2H3,(H2,14,15,16). The Morgan fingerprint density at radius 1 is 1.38 bits per heavy atom. The van der Waals surface area contributed by atoms with Gasteiger partial charge in [-0.25, -0.2) is 4.79 Å². The van der Waals surface area contributed by atoms with E-state index in [9.17, 15) is 4.79 Å². The predicted octanol–water partition coefficient (Wildman–Crippen LogP) is 2.17. The fourth-order valence-corrected chi connectivity index (χ4v) is 1.57. The summed E-state index contributed by atoms with van der Waals surface area (Å²) in [5.74, 6) is 0. The maximum Gasteiger partial charge on any atom is 0.319 e. The summed E-state index contributed by atoms with van der Waals surface area (Å²) < 4.78 is 0. The first-order valence-electron chi connectivity index (χ1n) is 5.51. The largest absolute Gasteiger partial charge is 0.397 e. The fraction of sp³-hybridized carbons (Fsp3) is 0.417. The summed E-state index contributed by atoms with van der Waals surface area (Å²) in [4.78, 5) is 11.6. The van der Waals surface area contributed by atoms with Crippen LogP contribution in [0.25, 0.3) is 0 Å². The van der Waals surface area contributed by atoms with E-state index in [1.165, 1.54) is 0 Å². The zero-order valence-electron chi connectivity index (χ0n) is 9.63. The summed E-state index contributed by atoms with van der Waals surface area (Å²) in [5, 5.41) is 5.69. The van der Waals surface area contributed by atoms with E-state index >= 15 is 0 Å². The van der Waals surface area contributed by atoms with Crippen LogP contribution in [0.3, 0.4) is 0 Å². The van der Waals surface area contributed by atoms with E-state index in [1.807, 2.05) is 26.0 Å². The van der Waals surface area contributed by atoms with E-state index in [0.717, 1.165) is 29.7 Å². The van der Waals surface area contributed by atoms with E-state index in [4.69, 9.17) is 5.73 Å². The van der Waals surface area contributed by atoms with Crippen molar-refractivity contribution < 1.29 is 4.79 Å². The summed E-state index contributed by atoms with van der Waals surface area (Å²) >= 11 is 0. The molecule has 86 valence electrons. The van der Waals surface area contributed by atoms with Gasteiger partial charge in [-0.05, 0) is 43.9 Å².